The molecule has 34 heavy (non-hydrogen) atoms. The molecule has 0 bridgehead atoms. The fourth-order valence-electron chi connectivity index (χ4n) is 3.75. The first-order valence-electron chi connectivity index (χ1n) is 10.4. The number of methoxy groups -OCH3 is 2. The predicted molar refractivity (Wildman–Crippen MR) is 127 cm³/mol. The molecule has 0 radical (unpaired) electrons. The van der Waals surface area contributed by atoms with Crippen molar-refractivity contribution in [3.05, 3.63) is 54.2 Å². The molecule has 2 heterocycles. The summed E-state index contributed by atoms with van der Waals surface area (Å²) < 4.78 is 19.7. The molecule has 0 saturated carbocycles. The van der Waals surface area contributed by atoms with Crippen molar-refractivity contribution in [1.29, 1.82) is 0 Å². The number of nitrogens with two attached hydrogens (primary N) is 1. The number of aromatic nitrogens is 3. The molecule has 10 heteroatoms. The van der Waals surface area contributed by atoms with Crippen LogP contribution in [0.2, 0.25) is 0 Å². The van der Waals surface area contributed by atoms with Crippen LogP contribution in [0.3, 0.4) is 0 Å². The summed E-state index contributed by atoms with van der Waals surface area (Å²) in [5, 5.41) is 2.82. The lowest BCUT2D eigenvalue weighted by molar-refractivity contribution is -0.118. The molecule has 0 unspecified atom stereocenters. The lowest BCUT2D eigenvalue weighted by Crippen LogP contribution is -2.20. The van der Waals surface area contributed by atoms with Crippen molar-refractivity contribution in [2.75, 3.05) is 26.1 Å². The summed E-state index contributed by atoms with van der Waals surface area (Å²) in [4.78, 5) is 28.9. The van der Waals surface area contributed by atoms with E-state index in [1.54, 1.807) is 61.3 Å². The molecule has 3 N–H and O–H groups in total. The molecule has 176 valence electrons. The molecule has 2 aromatic heterocycles. The molecule has 0 aliphatic carbocycles. The summed E-state index contributed by atoms with van der Waals surface area (Å²) in [5.74, 6) is 1.33. The van der Waals surface area contributed by atoms with Gasteiger partial charge in [-0.15, -0.1) is 0 Å². The Balaban J connectivity index is 1.55. The van der Waals surface area contributed by atoms with Gasteiger partial charge in [-0.05, 0) is 42.5 Å². The van der Waals surface area contributed by atoms with Gasteiger partial charge in [-0.2, -0.15) is 0 Å². The number of hydrogen-bond donors (Lipinski definition) is 2. The zero-order valence-corrected chi connectivity index (χ0v) is 19.3. The van der Waals surface area contributed by atoms with Gasteiger partial charge in [-0.25, -0.2) is 4.98 Å². The number of carbonyl (C=O) groups is 2. The third kappa shape index (κ3) is 4.25. The first kappa shape index (κ1) is 22.7. The summed E-state index contributed by atoms with van der Waals surface area (Å²) in [6.07, 6.45) is 1.62. The molecule has 2 aromatic carbocycles. The number of fused-ring (bicyclic) bond motifs is 1. The zero-order valence-electron chi connectivity index (χ0n) is 19.3. The molecule has 4 aromatic rings. The average Bonchev–Trinajstić information content (AvgIpc) is 3.33. The van der Waals surface area contributed by atoms with E-state index in [-0.39, 0.29) is 18.1 Å². The predicted octanol–water partition coefficient (Wildman–Crippen LogP) is 2.71. The highest BCUT2D eigenvalue weighted by Crippen LogP contribution is 2.35. The minimum Gasteiger partial charge on any atom is -0.497 e. The topological polar surface area (TPSA) is 123 Å². The first-order valence-corrected chi connectivity index (χ1v) is 10.4. The lowest BCUT2D eigenvalue weighted by Gasteiger charge is -2.08. The van der Waals surface area contributed by atoms with Crippen LogP contribution >= 0.6 is 0 Å². The highest BCUT2D eigenvalue weighted by molar-refractivity contribution is 5.99. The van der Waals surface area contributed by atoms with Crippen LogP contribution in [0.1, 0.15) is 10.4 Å². The van der Waals surface area contributed by atoms with Gasteiger partial charge in [-0.1, -0.05) is 0 Å². The van der Waals surface area contributed by atoms with Crippen LogP contribution < -0.4 is 25.3 Å². The Bertz CT molecular complexity index is 1370. The maximum Gasteiger partial charge on any atom is 0.262 e. The van der Waals surface area contributed by atoms with Crippen LogP contribution in [0.25, 0.3) is 22.6 Å². The zero-order chi connectivity index (χ0) is 24.4. The Hall–Kier alpha value is -4.47. The van der Waals surface area contributed by atoms with Crippen molar-refractivity contribution in [3.8, 4) is 28.8 Å². The van der Waals surface area contributed by atoms with Gasteiger partial charge in [0.05, 0.1) is 30.8 Å². The highest BCUT2D eigenvalue weighted by Gasteiger charge is 2.24. The maximum atomic E-state index is 12.4. The van der Waals surface area contributed by atoms with E-state index in [2.05, 4.69) is 5.32 Å². The van der Waals surface area contributed by atoms with Gasteiger partial charge in [0.25, 0.3) is 11.8 Å². The summed E-state index contributed by atoms with van der Waals surface area (Å²) in [6.45, 7) is -0.145. The van der Waals surface area contributed by atoms with Crippen molar-refractivity contribution >= 4 is 28.5 Å². The molecule has 0 aliphatic heterocycles. The second-order valence-corrected chi connectivity index (χ2v) is 7.61. The number of anilines is 1. The molecule has 10 nitrogen and oxygen atoms in total. The van der Waals surface area contributed by atoms with Gasteiger partial charge in [0.1, 0.15) is 17.2 Å². The lowest BCUT2D eigenvalue weighted by atomic mass is 10.2. The van der Waals surface area contributed by atoms with Gasteiger partial charge in [0.15, 0.2) is 18.2 Å². The monoisotopic (exact) mass is 463 g/mol. The molecule has 0 aliphatic rings. The van der Waals surface area contributed by atoms with Crippen LogP contribution in [0.15, 0.2) is 48.7 Å². The van der Waals surface area contributed by atoms with Gasteiger partial charge in [-0.3, -0.25) is 9.59 Å². The fraction of sp³-hybridized carbons (Fsp3) is 0.208. The number of imidazole rings is 1. The van der Waals surface area contributed by atoms with Crippen molar-refractivity contribution in [1.82, 2.24) is 14.1 Å². The molecule has 2 amide bonds. The first-order chi connectivity index (χ1) is 16.3. The largest absolute Gasteiger partial charge is 0.497 e. The summed E-state index contributed by atoms with van der Waals surface area (Å²) in [7, 11) is 6.72. The van der Waals surface area contributed by atoms with Gasteiger partial charge in [0.2, 0.25) is 0 Å². The van der Waals surface area contributed by atoms with E-state index in [1.165, 1.54) is 7.11 Å². The minimum absolute atomic E-state index is 0.145. The smallest absolute Gasteiger partial charge is 0.262 e. The van der Waals surface area contributed by atoms with E-state index in [1.807, 2.05) is 17.7 Å². The number of nitrogens with one attached hydrogen (secondary N) is 1. The minimum atomic E-state index is -0.584. The number of ether oxygens (including phenoxy) is 3. The van der Waals surface area contributed by atoms with Crippen molar-refractivity contribution < 1.29 is 23.8 Å². The quantitative estimate of drug-likeness (QED) is 0.414. The number of rotatable bonds is 8. The normalized spacial score (nSPS) is 10.8. The van der Waals surface area contributed by atoms with Crippen molar-refractivity contribution in [3.63, 3.8) is 0 Å². The van der Waals surface area contributed by atoms with Crippen molar-refractivity contribution in [2.45, 2.75) is 0 Å². The van der Waals surface area contributed by atoms with Crippen LogP contribution in [0.4, 0.5) is 5.69 Å². The van der Waals surface area contributed by atoms with E-state index >= 15 is 0 Å². The Kier molecular flexibility index (Phi) is 6.13. The Morgan fingerprint density at radius 3 is 2.38 bits per heavy atom. The molecule has 0 spiro atoms. The molecular formula is C24H25N5O5. The molecule has 4 rings (SSSR count). The van der Waals surface area contributed by atoms with Crippen LogP contribution in [-0.2, 0) is 18.9 Å². The second kappa shape index (κ2) is 9.18. The van der Waals surface area contributed by atoms with E-state index in [0.29, 0.717) is 40.0 Å². The number of primary amides is 1. The molecular weight excluding hydrogens is 438 g/mol. The molecule has 0 atom stereocenters. The second-order valence-electron chi connectivity index (χ2n) is 7.61. The SMILES string of the molecule is COc1ccc(OCC(=O)Nc2ccc3c(c2)nc(-c2c(OC)c(C(N)=O)cn2C)n3C)cc1. The van der Waals surface area contributed by atoms with Crippen LogP contribution in [0.5, 0.6) is 17.2 Å². The summed E-state index contributed by atoms with van der Waals surface area (Å²) >= 11 is 0. The fourth-order valence-corrected chi connectivity index (χ4v) is 3.75. The standard InChI is InChI=1S/C24H25N5O5/c1-28-12-17(23(25)31)22(33-4)21(28)24-27-18-11-14(5-10-19(18)29(24)2)26-20(30)13-34-16-8-6-15(32-3)7-9-16/h5-12H,13H2,1-4H3,(H2,25,31)(H,26,30). The van der Waals surface area contributed by atoms with Crippen LogP contribution in [0, 0.1) is 0 Å². The van der Waals surface area contributed by atoms with E-state index in [9.17, 15) is 9.59 Å². The van der Waals surface area contributed by atoms with E-state index in [0.717, 1.165) is 5.52 Å². The Labute approximate surface area is 195 Å². The number of carbonyl (C=O) groups excluding carboxylic acids is 2. The maximum absolute atomic E-state index is 12.4. The third-order valence-corrected chi connectivity index (χ3v) is 5.41. The molecule has 0 saturated heterocycles. The van der Waals surface area contributed by atoms with Crippen molar-refractivity contribution in [2.24, 2.45) is 19.8 Å². The molecule has 0 fully saturated rings. The number of amides is 2. The summed E-state index contributed by atoms with van der Waals surface area (Å²) in [5.41, 5.74) is 8.47. The Morgan fingerprint density at radius 1 is 1.03 bits per heavy atom. The van der Waals surface area contributed by atoms with E-state index < -0.39 is 5.91 Å². The number of nitrogens with zero attached hydrogens (tertiary/aromatic N) is 3. The Morgan fingerprint density at radius 2 is 1.74 bits per heavy atom. The van der Waals surface area contributed by atoms with Gasteiger partial charge >= 0.3 is 0 Å². The van der Waals surface area contributed by atoms with Gasteiger partial charge in [0, 0.05) is 26.0 Å². The average molecular weight is 463 g/mol. The highest BCUT2D eigenvalue weighted by atomic mass is 16.5. The number of hydrogen-bond acceptors (Lipinski definition) is 6. The number of benzene rings is 2. The van der Waals surface area contributed by atoms with Crippen LogP contribution in [-0.4, -0.2) is 46.8 Å². The number of aryl methyl sites for hydroxylation is 2. The third-order valence-electron chi connectivity index (χ3n) is 5.41. The van der Waals surface area contributed by atoms with Gasteiger partial charge < -0.3 is 34.4 Å². The van der Waals surface area contributed by atoms with E-state index in [4.69, 9.17) is 24.9 Å². The summed E-state index contributed by atoms with van der Waals surface area (Å²) in [6, 6.07) is 12.4.